The summed E-state index contributed by atoms with van der Waals surface area (Å²) in [6.45, 7) is 3.09. The summed E-state index contributed by atoms with van der Waals surface area (Å²) in [6, 6.07) is 0.774. The van der Waals surface area contributed by atoms with Crippen molar-refractivity contribution < 1.29 is 8.42 Å². The average Bonchev–Trinajstić information content (AvgIpc) is 2.65. The third-order valence-corrected chi connectivity index (χ3v) is 4.04. The summed E-state index contributed by atoms with van der Waals surface area (Å²) in [4.78, 5) is 0.304. The maximum Gasteiger partial charge on any atom is 0.178 e. The molecule has 1 saturated heterocycles. The summed E-state index contributed by atoms with van der Waals surface area (Å²) in [7, 11) is -3.13. The third kappa shape index (κ3) is 2.44. The molecule has 2 rings (SSSR count). The van der Waals surface area contributed by atoms with Crippen molar-refractivity contribution in [1.82, 2.24) is 15.1 Å². The van der Waals surface area contributed by atoms with Crippen LogP contribution in [0.25, 0.3) is 0 Å². The first-order valence-corrected chi connectivity index (χ1v) is 7.33. The molecule has 0 bridgehead atoms. The molecular weight excluding hydrogens is 226 g/mol. The molecule has 2 unspecified atom stereocenters. The Morgan fingerprint density at radius 2 is 2.31 bits per heavy atom. The van der Waals surface area contributed by atoms with Gasteiger partial charge in [0.05, 0.1) is 12.2 Å². The van der Waals surface area contributed by atoms with Crippen molar-refractivity contribution >= 4 is 9.84 Å². The molecule has 2 atom stereocenters. The number of nitrogens with zero attached hydrogens (tertiary/aromatic N) is 2. The number of aromatic nitrogens is 2. The summed E-state index contributed by atoms with van der Waals surface area (Å²) in [5.41, 5.74) is 0. The molecule has 0 aliphatic carbocycles. The van der Waals surface area contributed by atoms with Crippen LogP contribution in [0, 0.1) is 0 Å². The van der Waals surface area contributed by atoms with Crippen molar-refractivity contribution in [3.63, 3.8) is 0 Å². The average molecular weight is 243 g/mol. The Hall–Kier alpha value is -0.880. The van der Waals surface area contributed by atoms with Crippen LogP contribution < -0.4 is 5.32 Å². The highest BCUT2D eigenvalue weighted by Gasteiger charge is 2.21. The standard InChI is InChI=1S/C10H17N3O2S/c1-8-5-9(3-4-11-8)13-7-10(6-12-13)16(2,14)15/h6-9,11H,3-5H2,1-2H3. The Morgan fingerprint density at radius 1 is 1.56 bits per heavy atom. The van der Waals surface area contributed by atoms with Crippen LogP contribution in [0.4, 0.5) is 0 Å². The van der Waals surface area contributed by atoms with Gasteiger partial charge in [-0.15, -0.1) is 0 Å². The zero-order valence-corrected chi connectivity index (χ0v) is 10.4. The zero-order chi connectivity index (χ0) is 11.8. The Balaban J connectivity index is 2.18. The molecule has 1 aliphatic rings. The summed E-state index contributed by atoms with van der Waals surface area (Å²) in [6.07, 6.45) is 6.26. The minimum absolute atomic E-state index is 0.304. The Bertz CT molecular complexity index is 466. The highest BCUT2D eigenvalue weighted by atomic mass is 32.2. The van der Waals surface area contributed by atoms with E-state index in [9.17, 15) is 8.42 Å². The maximum atomic E-state index is 11.3. The van der Waals surface area contributed by atoms with Crippen LogP contribution in [0.2, 0.25) is 0 Å². The van der Waals surface area contributed by atoms with Crippen LogP contribution in [0.3, 0.4) is 0 Å². The fraction of sp³-hybridized carbons (Fsp3) is 0.700. The van der Waals surface area contributed by atoms with E-state index in [1.54, 1.807) is 10.9 Å². The van der Waals surface area contributed by atoms with E-state index in [-0.39, 0.29) is 0 Å². The normalized spacial score (nSPS) is 26.9. The number of piperidine rings is 1. The van der Waals surface area contributed by atoms with E-state index in [2.05, 4.69) is 17.3 Å². The lowest BCUT2D eigenvalue weighted by Crippen LogP contribution is -2.36. The summed E-state index contributed by atoms with van der Waals surface area (Å²) >= 11 is 0. The minimum Gasteiger partial charge on any atom is -0.314 e. The highest BCUT2D eigenvalue weighted by Crippen LogP contribution is 2.22. The summed E-state index contributed by atoms with van der Waals surface area (Å²) in [5.74, 6) is 0. The minimum atomic E-state index is -3.13. The second-order valence-corrected chi connectivity index (χ2v) is 6.48. The van der Waals surface area contributed by atoms with Gasteiger partial charge in [0.25, 0.3) is 0 Å². The van der Waals surface area contributed by atoms with E-state index in [4.69, 9.17) is 0 Å². The quantitative estimate of drug-likeness (QED) is 0.826. The summed E-state index contributed by atoms with van der Waals surface area (Å²) in [5, 5.41) is 7.51. The Morgan fingerprint density at radius 3 is 2.88 bits per heavy atom. The van der Waals surface area contributed by atoms with Gasteiger partial charge in [-0.25, -0.2) is 8.42 Å². The number of sulfone groups is 1. The second-order valence-electron chi connectivity index (χ2n) is 4.46. The molecule has 90 valence electrons. The number of hydrogen-bond acceptors (Lipinski definition) is 4. The largest absolute Gasteiger partial charge is 0.314 e. The second kappa shape index (κ2) is 4.18. The first-order valence-electron chi connectivity index (χ1n) is 5.44. The highest BCUT2D eigenvalue weighted by molar-refractivity contribution is 7.90. The molecule has 0 saturated carbocycles. The number of nitrogens with one attached hydrogen (secondary N) is 1. The lowest BCUT2D eigenvalue weighted by Gasteiger charge is -2.28. The molecule has 1 aromatic heterocycles. The fourth-order valence-corrected chi connectivity index (χ4v) is 2.60. The SMILES string of the molecule is CC1CC(n2cc(S(C)(=O)=O)cn2)CCN1. The van der Waals surface area contributed by atoms with Gasteiger partial charge < -0.3 is 5.32 Å². The van der Waals surface area contributed by atoms with Crippen LogP contribution in [0.1, 0.15) is 25.8 Å². The van der Waals surface area contributed by atoms with Crippen molar-refractivity contribution in [2.45, 2.75) is 36.7 Å². The Labute approximate surface area is 95.8 Å². The topological polar surface area (TPSA) is 64.0 Å². The van der Waals surface area contributed by atoms with Crippen molar-refractivity contribution in [1.29, 1.82) is 0 Å². The molecule has 0 radical (unpaired) electrons. The van der Waals surface area contributed by atoms with Gasteiger partial charge in [0.1, 0.15) is 4.90 Å². The van der Waals surface area contributed by atoms with Gasteiger partial charge in [-0.2, -0.15) is 5.10 Å². The molecule has 6 heteroatoms. The van der Waals surface area contributed by atoms with Crippen molar-refractivity contribution in [3.05, 3.63) is 12.4 Å². The molecular formula is C10H17N3O2S. The van der Waals surface area contributed by atoms with Crippen LogP contribution in [-0.4, -0.2) is 37.0 Å². The van der Waals surface area contributed by atoms with Gasteiger partial charge in [-0.3, -0.25) is 4.68 Å². The third-order valence-electron chi connectivity index (χ3n) is 2.98. The van der Waals surface area contributed by atoms with Gasteiger partial charge in [-0.05, 0) is 26.3 Å². The van der Waals surface area contributed by atoms with Crippen LogP contribution >= 0.6 is 0 Å². The molecule has 16 heavy (non-hydrogen) atoms. The van der Waals surface area contributed by atoms with Gasteiger partial charge in [0, 0.05) is 18.5 Å². The molecule has 1 aromatic rings. The molecule has 1 aliphatic heterocycles. The molecule has 1 fully saturated rings. The predicted molar refractivity (Wildman–Crippen MR) is 61.1 cm³/mol. The van der Waals surface area contributed by atoms with Crippen LogP contribution in [0.15, 0.2) is 17.3 Å². The van der Waals surface area contributed by atoms with Gasteiger partial charge >= 0.3 is 0 Å². The van der Waals surface area contributed by atoms with E-state index < -0.39 is 9.84 Å². The molecule has 2 heterocycles. The lowest BCUT2D eigenvalue weighted by atomic mass is 10.0. The molecule has 5 nitrogen and oxygen atoms in total. The van der Waals surface area contributed by atoms with E-state index in [1.165, 1.54) is 12.5 Å². The van der Waals surface area contributed by atoms with Crippen LogP contribution in [0.5, 0.6) is 0 Å². The molecule has 0 spiro atoms. The Kier molecular flexibility index (Phi) is 3.03. The maximum absolute atomic E-state index is 11.3. The van der Waals surface area contributed by atoms with Gasteiger partial charge in [-0.1, -0.05) is 0 Å². The zero-order valence-electron chi connectivity index (χ0n) is 9.55. The lowest BCUT2D eigenvalue weighted by molar-refractivity contribution is 0.295. The van der Waals surface area contributed by atoms with Gasteiger partial charge in [0.15, 0.2) is 9.84 Å². The molecule has 0 amide bonds. The number of hydrogen-bond donors (Lipinski definition) is 1. The van der Waals surface area contributed by atoms with E-state index in [0.29, 0.717) is 17.0 Å². The first-order chi connectivity index (χ1) is 7.47. The predicted octanol–water partition coefficient (Wildman–Crippen LogP) is 0.600. The smallest absolute Gasteiger partial charge is 0.178 e. The monoisotopic (exact) mass is 243 g/mol. The van der Waals surface area contributed by atoms with Crippen molar-refractivity contribution in [2.75, 3.05) is 12.8 Å². The molecule has 1 N–H and O–H groups in total. The van der Waals surface area contributed by atoms with E-state index in [1.807, 2.05) is 0 Å². The van der Waals surface area contributed by atoms with E-state index >= 15 is 0 Å². The fourth-order valence-electron chi connectivity index (χ4n) is 2.06. The molecule has 0 aromatic carbocycles. The van der Waals surface area contributed by atoms with Crippen molar-refractivity contribution in [3.8, 4) is 0 Å². The van der Waals surface area contributed by atoms with E-state index in [0.717, 1.165) is 19.4 Å². The number of rotatable bonds is 2. The summed E-state index contributed by atoms with van der Waals surface area (Å²) < 4.78 is 24.4. The first kappa shape index (κ1) is 11.6. The van der Waals surface area contributed by atoms with Crippen LogP contribution in [-0.2, 0) is 9.84 Å². The van der Waals surface area contributed by atoms with Gasteiger partial charge in [0.2, 0.25) is 0 Å². The van der Waals surface area contributed by atoms with Crippen molar-refractivity contribution in [2.24, 2.45) is 0 Å².